The minimum Gasteiger partial charge on any atom is -0.397 e. The molecule has 102 valence electrons. The highest BCUT2D eigenvalue weighted by atomic mass is 32.2. The van der Waals surface area contributed by atoms with Crippen LogP contribution in [0.4, 0.5) is 5.69 Å². The third kappa shape index (κ3) is 3.18. The van der Waals surface area contributed by atoms with Gasteiger partial charge in [0.1, 0.15) is 4.90 Å². The summed E-state index contributed by atoms with van der Waals surface area (Å²) in [5.74, 6) is 0. The van der Waals surface area contributed by atoms with Gasteiger partial charge in [0.2, 0.25) is 10.0 Å². The molecule has 0 aliphatic carbocycles. The lowest BCUT2D eigenvalue weighted by Gasteiger charge is -2.16. The SMILES string of the molecule is CCC(C)Sc1cccc(S(=O)(=O)N(C)C)c1N. The third-order valence-electron chi connectivity index (χ3n) is 2.69. The number of anilines is 1. The van der Waals surface area contributed by atoms with Crippen molar-refractivity contribution >= 4 is 27.5 Å². The monoisotopic (exact) mass is 288 g/mol. The second-order valence-electron chi connectivity index (χ2n) is 4.29. The first kappa shape index (κ1) is 15.3. The Morgan fingerprint density at radius 3 is 2.50 bits per heavy atom. The summed E-state index contributed by atoms with van der Waals surface area (Å²) < 4.78 is 25.4. The normalized spacial score (nSPS) is 13.8. The number of para-hydroxylation sites is 1. The molecule has 0 saturated carbocycles. The summed E-state index contributed by atoms with van der Waals surface area (Å²) in [7, 11) is -0.471. The van der Waals surface area contributed by atoms with E-state index in [0.29, 0.717) is 10.9 Å². The molecule has 0 aliphatic rings. The molecule has 1 aromatic rings. The van der Waals surface area contributed by atoms with Gasteiger partial charge in [0.05, 0.1) is 5.69 Å². The van der Waals surface area contributed by atoms with Crippen molar-refractivity contribution in [1.82, 2.24) is 4.31 Å². The second-order valence-corrected chi connectivity index (χ2v) is 7.89. The first-order chi connectivity index (χ1) is 8.30. The predicted molar refractivity (Wildman–Crippen MR) is 77.3 cm³/mol. The van der Waals surface area contributed by atoms with E-state index in [9.17, 15) is 8.42 Å². The van der Waals surface area contributed by atoms with E-state index < -0.39 is 10.0 Å². The molecule has 1 unspecified atom stereocenters. The molecular formula is C12H20N2O2S2. The zero-order chi connectivity index (χ0) is 13.9. The van der Waals surface area contributed by atoms with E-state index in [-0.39, 0.29) is 4.90 Å². The van der Waals surface area contributed by atoms with Crippen LogP contribution in [0.1, 0.15) is 20.3 Å². The fourth-order valence-corrected chi connectivity index (χ4v) is 3.44. The van der Waals surface area contributed by atoms with E-state index in [1.807, 2.05) is 6.07 Å². The Balaban J connectivity index is 3.22. The smallest absolute Gasteiger partial charge is 0.244 e. The Morgan fingerprint density at radius 2 is 2.00 bits per heavy atom. The van der Waals surface area contributed by atoms with Crippen molar-refractivity contribution in [3.8, 4) is 0 Å². The minimum atomic E-state index is -3.48. The summed E-state index contributed by atoms with van der Waals surface area (Å²) in [6, 6.07) is 5.14. The van der Waals surface area contributed by atoms with Gasteiger partial charge in [-0.05, 0) is 18.6 Å². The van der Waals surface area contributed by atoms with Crippen LogP contribution in [-0.2, 0) is 10.0 Å². The van der Waals surface area contributed by atoms with Gasteiger partial charge in [-0.15, -0.1) is 11.8 Å². The van der Waals surface area contributed by atoms with Crippen molar-refractivity contribution in [1.29, 1.82) is 0 Å². The Kier molecular flexibility index (Phi) is 5.07. The maximum absolute atomic E-state index is 12.1. The van der Waals surface area contributed by atoms with Crippen LogP contribution >= 0.6 is 11.8 Å². The molecule has 0 spiro atoms. The number of thioether (sulfide) groups is 1. The number of nitrogens with two attached hydrogens (primary N) is 1. The Morgan fingerprint density at radius 1 is 1.39 bits per heavy atom. The van der Waals surface area contributed by atoms with Crippen LogP contribution in [0.15, 0.2) is 28.0 Å². The predicted octanol–water partition coefficient (Wildman–Crippen LogP) is 2.41. The van der Waals surface area contributed by atoms with Gasteiger partial charge in [0, 0.05) is 24.2 Å². The van der Waals surface area contributed by atoms with Crippen LogP contribution in [0.2, 0.25) is 0 Å². The van der Waals surface area contributed by atoms with Crippen molar-refractivity contribution in [2.75, 3.05) is 19.8 Å². The average Bonchev–Trinajstić information content (AvgIpc) is 2.31. The zero-order valence-electron chi connectivity index (χ0n) is 11.2. The van der Waals surface area contributed by atoms with Crippen LogP contribution in [0.25, 0.3) is 0 Å². The molecule has 1 atom stereocenters. The summed E-state index contributed by atoms with van der Waals surface area (Å²) >= 11 is 1.60. The first-order valence-electron chi connectivity index (χ1n) is 5.78. The van der Waals surface area contributed by atoms with Gasteiger partial charge in [0.15, 0.2) is 0 Å². The van der Waals surface area contributed by atoms with Gasteiger partial charge in [-0.25, -0.2) is 12.7 Å². The van der Waals surface area contributed by atoms with Crippen LogP contribution < -0.4 is 5.73 Å². The Labute approximate surface area is 114 Å². The number of hydrogen-bond donors (Lipinski definition) is 1. The molecule has 0 heterocycles. The molecule has 1 aromatic carbocycles. The minimum absolute atomic E-state index is 0.181. The molecule has 2 N–H and O–H groups in total. The number of benzene rings is 1. The van der Waals surface area contributed by atoms with Crippen LogP contribution in [0, 0.1) is 0 Å². The van der Waals surface area contributed by atoms with E-state index in [1.165, 1.54) is 18.4 Å². The second kappa shape index (κ2) is 5.95. The van der Waals surface area contributed by atoms with Crippen molar-refractivity contribution < 1.29 is 8.42 Å². The quantitative estimate of drug-likeness (QED) is 0.667. The molecule has 1 rings (SSSR count). The zero-order valence-corrected chi connectivity index (χ0v) is 12.8. The Hall–Kier alpha value is -0.720. The van der Waals surface area contributed by atoms with Crippen molar-refractivity contribution in [3.63, 3.8) is 0 Å². The summed E-state index contributed by atoms with van der Waals surface area (Å²) in [5.41, 5.74) is 6.33. The number of rotatable bonds is 5. The fraction of sp³-hybridized carbons (Fsp3) is 0.500. The number of nitrogen functional groups attached to an aromatic ring is 1. The number of nitrogens with zero attached hydrogens (tertiary/aromatic N) is 1. The van der Waals surface area contributed by atoms with E-state index in [0.717, 1.165) is 11.3 Å². The van der Waals surface area contributed by atoms with Gasteiger partial charge in [-0.3, -0.25) is 0 Å². The van der Waals surface area contributed by atoms with Gasteiger partial charge < -0.3 is 5.73 Å². The van der Waals surface area contributed by atoms with E-state index in [1.54, 1.807) is 23.9 Å². The molecule has 18 heavy (non-hydrogen) atoms. The summed E-state index contributed by atoms with van der Waals surface area (Å²) in [5, 5.41) is 0.407. The summed E-state index contributed by atoms with van der Waals surface area (Å²) in [6.45, 7) is 4.19. The molecule has 4 nitrogen and oxygen atoms in total. The molecule has 0 fully saturated rings. The molecular weight excluding hydrogens is 268 g/mol. The maximum Gasteiger partial charge on any atom is 0.244 e. The summed E-state index contributed by atoms with van der Waals surface area (Å²) in [4.78, 5) is 1.01. The van der Waals surface area contributed by atoms with Crippen LogP contribution in [0.5, 0.6) is 0 Å². The molecule has 0 amide bonds. The van der Waals surface area contributed by atoms with Crippen LogP contribution in [0.3, 0.4) is 0 Å². The third-order valence-corrected chi connectivity index (χ3v) is 5.91. The topological polar surface area (TPSA) is 63.4 Å². The van der Waals surface area contributed by atoms with Crippen molar-refractivity contribution in [3.05, 3.63) is 18.2 Å². The molecule has 0 aliphatic heterocycles. The van der Waals surface area contributed by atoms with E-state index in [4.69, 9.17) is 5.73 Å². The average molecular weight is 288 g/mol. The molecule has 0 bridgehead atoms. The van der Waals surface area contributed by atoms with E-state index in [2.05, 4.69) is 13.8 Å². The summed E-state index contributed by atoms with van der Waals surface area (Å²) in [6.07, 6.45) is 1.01. The lowest BCUT2D eigenvalue weighted by Crippen LogP contribution is -2.23. The standard InChI is InChI=1S/C12H20N2O2S2/c1-5-9(2)17-10-7-6-8-11(12(10)13)18(15,16)14(3)4/h6-9H,5,13H2,1-4H3. The number of hydrogen-bond acceptors (Lipinski definition) is 4. The van der Waals surface area contributed by atoms with Crippen molar-refractivity contribution in [2.45, 2.75) is 35.3 Å². The van der Waals surface area contributed by atoms with E-state index >= 15 is 0 Å². The fourth-order valence-electron chi connectivity index (χ4n) is 1.35. The largest absolute Gasteiger partial charge is 0.397 e. The number of sulfonamides is 1. The lowest BCUT2D eigenvalue weighted by atomic mass is 10.3. The molecule has 0 aromatic heterocycles. The highest BCUT2D eigenvalue weighted by molar-refractivity contribution is 8.00. The maximum atomic E-state index is 12.1. The highest BCUT2D eigenvalue weighted by Gasteiger charge is 2.22. The molecule has 0 radical (unpaired) electrons. The van der Waals surface area contributed by atoms with Crippen LogP contribution in [-0.4, -0.2) is 32.1 Å². The Bertz CT molecular complexity index is 513. The van der Waals surface area contributed by atoms with Gasteiger partial charge >= 0.3 is 0 Å². The molecule has 6 heteroatoms. The highest BCUT2D eigenvalue weighted by Crippen LogP contribution is 2.34. The van der Waals surface area contributed by atoms with Gasteiger partial charge in [-0.1, -0.05) is 19.9 Å². The first-order valence-corrected chi connectivity index (χ1v) is 8.10. The van der Waals surface area contributed by atoms with Gasteiger partial charge in [0.25, 0.3) is 0 Å². The molecule has 0 saturated heterocycles. The van der Waals surface area contributed by atoms with Gasteiger partial charge in [-0.2, -0.15) is 0 Å². The van der Waals surface area contributed by atoms with Crippen molar-refractivity contribution in [2.24, 2.45) is 0 Å². The lowest BCUT2D eigenvalue weighted by molar-refractivity contribution is 0.521.